The molecule has 4 N–H and O–H groups in total. The van der Waals surface area contributed by atoms with Crippen molar-refractivity contribution in [3.8, 4) is 0 Å². The number of benzene rings is 1. The number of nitrogens with two attached hydrogens (primary N) is 2. The van der Waals surface area contributed by atoms with E-state index in [-0.39, 0.29) is 0 Å². The molecule has 0 aliphatic rings. The molecule has 12 heavy (non-hydrogen) atoms. The van der Waals surface area contributed by atoms with Gasteiger partial charge in [-0.05, 0) is 23.3 Å². The van der Waals surface area contributed by atoms with Crippen molar-refractivity contribution in [2.75, 3.05) is 0 Å². The lowest BCUT2D eigenvalue weighted by atomic mass is 10.1. The van der Waals surface area contributed by atoms with Crippen molar-refractivity contribution < 1.29 is 0 Å². The molecular formula is C8H10Cl2N2. The van der Waals surface area contributed by atoms with Gasteiger partial charge in [-0.25, -0.2) is 0 Å². The molecule has 0 atom stereocenters. The molecule has 0 fully saturated rings. The first-order valence-corrected chi connectivity index (χ1v) is 4.31. The van der Waals surface area contributed by atoms with Gasteiger partial charge in [0.05, 0.1) is 0 Å². The first-order valence-electron chi connectivity index (χ1n) is 3.56. The lowest BCUT2D eigenvalue weighted by Gasteiger charge is -2.05. The number of hydrogen-bond donors (Lipinski definition) is 2. The van der Waals surface area contributed by atoms with Gasteiger partial charge in [-0.3, -0.25) is 0 Å². The quantitative estimate of drug-likeness (QED) is 0.774. The normalized spacial score (nSPS) is 10.3. The van der Waals surface area contributed by atoms with E-state index in [9.17, 15) is 0 Å². The average molecular weight is 205 g/mol. The van der Waals surface area contributed by atoms with Crippen LogP contribution in [0, 0.1) is 0 Å². The molecule has 0 bridgehead atoms. The highest BCUT2D eigenvalue weighted by Crippen LogP contribution is 2.24. The van der Waals surface area contributed by atoms with Gasteiger partial charge in [-0.2, -0.15) is 0 Å². The van der Waals surface area contributed by atoms with Crippen LogP contribution in [0.5, 0.6) is 0 Å². The van der Waals surface area contributed by atoms with Gasteiger partial charge >= 0.3 is 0 Å². The van der Waals surface area contributed by atoms with Crippen LogP contribution < -0.4 is 11.5 Å². The smallest absolute Gasteiger partial charge is 0.0455 e. The summed E-state index contributed by atoms with van der Waals surface area (Å²) in [7, 11) is 0. The average Bonchev–Trinajstić information content (AvgIpc) is 2.08. The molecule has 0 spiro atoms. The zero-order valence-corrected chi connectivity index (χ0v) is 7.99. The summed E-state index contributed by atoms with van der Waals surface area (Å²) >= 11 is 11.8. The fraction of sp³-hybridized carbons (Fsp3) is 0.250. The molecule has 1 aromatic rings. The molecule has 0 unspecified atom stereocenters. The predicted molar refractivity (Wildman–Crippen MR) is 52.2 cm³/mol. The third-order valence-electron chi connectivity index (χ3n) is 1.66. The molecule has 0 saturated heterocycles. The maximum Gasteiger partial charge on any atom is 0.0455 e. The van der Waals surface area contributed by atoms with E-state index in [1.54, 1.807) is 12.1 Å². The summed E-state index contributed by atoms with van der Waals surface area (Å²) in [5.74, 6) is 0. The van der Waals surface area contributed by atoms with E-state index in [1.807, 2.05) is 0 Å². The predicted octanol–water partition coefficient (Wildman–Crippen LogP) is 1.91. The summed E-state index contributed by atoms with van der Waals surface area (Å²) in [5.41, 5.74) is 12.6. The van der Waals surface area contributed by atoms with Crippen molar-refractivity contribution in [2.45, 2.75) is 13.1 Å². The van der Waals surface area contributed by atoms with Gasteiger partial charge in [-0.1, -0.05) is 23.2 Å². The van der Waals surface area contributed by atoms with Crippen LogP contribution >= 0.6 is 23.2 Å². The summed E-state index contributed by atoms with van der Waals surface area (Å²) in [6, 6.07) is 3.51. The Bertz CT molecular complexity index is 257. The third-order valence-corrected chi connectivity index (χ3v) is 2.36. The van der Waals surface area contributed by atoms with Gasteiger partial charge in [-0.15, -0.1) is 0 Å². The largest absolute Gasteiger partial charge is 0.326 e. The highest BCUT2D eigenvalue weighted by Gasteiger charge is 2.04. The van der Waals surface area contributed by atoms with Crippen LogP contribution in [0.25, 0.3) is 0 Å². The molecule has 0 aliphatic heterocycles. The van der Waals surface area contributed by atoms with Crippen molar-refractivity contribution >= 4 is 23.2 Å². The minimum Gasteiger partial charge on any atom is -0.326 e. The van der Waals surface area contributed by atoms with Crippen molar-refractivity contribution in [2.24, 2.45) is 11.5 Å². The Morgan fingerprint density at radius 2 is 1.25 bits per heavy atom. The van der Waals surface area contributed by atoms with Gasteiger partial charge < -0.3 is 11.5 Å². The second-order valence-corrected chi connectivity index (χ2v) is 3.26. The van der Waals surface area contributed by atoms with Gasteiger partial charge in [0.25, 0.3) is 0 Å². The molecule has 0 amide bonds. The lowest BCUT2D eigenvalue weighted by Crippen LogP contribution is -2.01. The number of rotatable bonds is 2. The van der Waals surface area contributed by atoms with E-state index in [1.165, 1.54) is 0 Å². The highest BCUT2D eigenvalue weighted by molar-refractivity contribution is 6.34. The van der Waals surface area contributed by atoms with E-state index in [0.717, 1.165) is 11.1 Å². The van der Waals surface area contributed by atoms with Gasteiger partial charge in [0.2, 0.25) is 0 Å². The van der Waals surface area contributed by atoms with Crippen molar-refractivity contribution in [1.82, 2.24) is 0 Å². The minimum atomic E-state index is 0.392. The first-order chi connectivity index (χ1) is 5.69. The molecule has 0 radical (unpaired) electrons. The Morgan fingerprint density at radius 1 is 0.917 bits per heavy atom. The molecule has 0 aliphatic carbocycles. The first kappa shape index (κ1) is 9.81. The van der Waals surface area contributed by atoms with Gasteiger partial charge in [0.15, 0.2) is 0 Å². The van der Waals surface area contributed by atoms with Crippen LogP contribution in [-0.4, -0.2) is 0 Å². The molecular weight excluding hydrogens is 195 g/mol. The Labute approximate surface area is 81.4 Å². The monoisotopic (exact) mass is 204 g/mol. The standard InChI is InChI=1S/C8H10Cl2N2/c9-7-1-5(3-11)8(10)2-6(7)4-12/h1-2H,3-4,11-12H2. The second kappa shape index (κ2) is 4.10. The fourth-order valence-electron chi connectivity index (χ4n) is 0.942. The molecule has 4 heteroatoms. The summed E-state index contributed by atoms with van der Waals surface area (Å²) in [4.78, 5) is 0. The molecule has 0 saturated carbocycles. The summed E-state index contributed by atoms with van der Waals surface area (Å²) in [6.45, 7) is 0.785. The van der Waals surface area contributed by atoms with Crippen LogP contribution in [0.2, 0.25) is 10.0 Å². The van der Waals surface area contributed by atoms with Gasteiger partial charge in [0.1, 0.15) is 0 Å². The van der Waals surface area contributed by atoms with Crippen LogP contribution in [-0.2, 0) is 13.1 Å². The molecule has 1 aromatic carbocycles. The van der Waals surface area contributed by atoms with Crippen LogP contribution in [0.4, 0.5) is 0 Å². The van der Waals surface area contributed by atoms with Crippen molar-refractivity contribution in [3.05, 3.63) is 33.3 Å². The third kappa shape index (κ3) is 1.90. The van der Waals surface area contributed by atoms with E-state index in [0.29, 0.717) is 23.1 Å². The molecule has 1 rings (SSSR count). The molecule has 0 aromatic heterocycles. The van der Waals surface area contributed by atoms with E-state index in [4.69, 9.17) is 34.7 Å². The zero-order chi connectivity index (χ0) is 9.14. The number of halogens is 2. The maximum atomic E-state index is 5.89. The number of hydrogen-bond acceptors (Lipinski definition) is 2. The molecule has 2 nitrogen and oxygen atoms in total. The van der Waals surface area contributed by atoms with Crippen LogP contribution in [0.1, 0.15) is 11.1 Å². The topological polar surface area (TPSA) is 52.0 Å². The lowest BCUT2D eigenvalue weighted by molar-refractivity contribution is 1.04. The Morgan fingerprint density at radius 3 is 1.50 bits per heavy atom. The van der Waals surface area contributed by atoms with Crippen molar-refractivity contribution in [3.63, 3.8) is 0 Å². The highest BCUT2D eigenvalue weighted by atomic mass is 35.5. The SMILES string of the molecule is NCc1cc(Cl)c(CN)cc1Cl. The van der Waals surface area contributed by atoms with E-state index >= 15 is 0 Å². The summed E-state index contributed by atoms with van der Waals surface area (Å²) < 4.78 is 0. The van der Waals surface area contributed by atoms with Crippen LogP contribution in [0.3, 0.4) is 0 Å². The Balaban J connectivity index is 3.16. The van der Waals surface area contributed by atoms with Crippen molar-refractivity contribution in [1.29, 1.82) is 0 Å². The Kier molecular flexibility index (Phi) is 3.35. The maximum absolute atomic E-state index is 5.89. The molecule has 0 heterocycles. The molecule has 66 valence electrons. The van der Waals surface area contributed by atoms with Crippen LogP contribution in [0.15, 0.2) is 12.1 Å². The van der Waals surface area contributed by atoms with E-state index < -0.39 is 0 Å². The van der Waals surface area contributed by atoms with Gasteiger partial charge in [0, 0.05) is 23.1 Å². The zero-order valence-electron chi connectivity index (χ0n) is 6.48. The van der Waals surface area contributed by atoms with E-state index in [2.05, 4.69) is 0 Å². The Hall–Kier alpha value is -0.280. The summed E-state index contributed by atoms with van der Waals surface area (Å²) in [5, 5.41) is 1.25. The summed E-state index contributed by atoms with van der Waals surface area (Å²) in [6.07, 6.45) is 0. The second-order valence-electron chi connectivity index (χ2n) is 2.44. The fourth-order valence-corrected chi connectivity index (χ4v) is 1.47. The minimum absolute atomic E-state index is 0.392.